The molecule has 0 spiro atoms. The second kappa shape index (κ2) is 11.6. The lowest BCUT2D eigenvalue weighted by Crippen LogP contribution is -2.32. The predicted octanol–water partition coefficient (Wildman–Crippen LogP) is 3.89. The van der Waals surface area contributed by atoms with Crippen LogP contribution in [-0.4, -0.2) is 30.5 Å². The van der Waals surface area contributed by atoms with Crippen LogP contribution in [0.15, 0.2) is 71.8 Å². The van der Waals surface area contributed by atoms with Crippen LogP contribution in [0.2, 0.25) is 5.02 Å². The summed E-state index contributed by atoms with van der Waals surface area (Å²) in [6, 6.07) is 16.8. The molecule has 0 aliphatic heterocycles. The smallest absolute Gasteiger partial charge is 0.329 e. The van der Waals surface area contributed by atoms with Gasteiger partial charge in [0, 0.05) is 22.0 Å². The molecular weight excluding hydrogens is 463 g/mol. The second-order valence-electron chi connectivity index (χ2n) is 7.00. The van der Waals surface area contributed by atoms with Gasteiger partial charge in [-0.2, -0.15) is 5.10 Å². The molecule has 0 atom stereocenters. The van der Waals surface area contributed by atoms with E-state index in [1.54, 1.807) is 42.5 Å². The van der Waals surface area contributed by atoms with Gasteiger partial charge in [0.1, 0.15) is 11.6 Å². The molecule has 34 heavy (non-hydrogen) atoms. The van der Waals surface area contributed by atoms with Crippen molar-refractivity contribution in [3.05, 3.63) is 88.7 Å². The highest BCUT2D eigenvalue weighted by Gasteiger charge is 2.13. The highest BCUT2D eigenvalue weighted by molar-refractivity contribution is 6.39. The van der Waals surface area contributed by atoms with Crippen molar-refractivity contribution in [2.75, 3.05) is 17.2 Å². The summed E-state index contributed by atoms with van der Waals surface area (Å²) in [6.45, 7) is 1.58. The van der Waals surface area contributed by atoms with Gasteiger partial charge in [-0.1, -0.05) is 29.8 Å². The Labute approximate surface area is 199 Å². The first-order valence-electron chi connectivity index (χ1n) is 9.99. The number of carbonyl (C=O) groups is 3. The first-order chi connectivity index (χ1) is 16.3. The number of carbonyl (C=O) groups excluding carboxylic acids is 3. The van der Waals surface area contributed by atoms with Crippen LogP contribution in [0.4, 0.5) is 15.8 Å². The summed E-state index contributed by atoms with van der Waals surface area (Å²) >= 11 is 6.06. The third kappa shape index (κ3) is 7.14. The number of hydrogen-bond acceptors (Lipinski definition) is 5. The summed E-state index contributed by atoms with van der Waals surface area (Å²) in [6.07, 6.45) is 1.27. The maximum absolute atomic E-state index is 12.9. The zero-order valence-corrected chi connectivity index (χ0v) is 18.7. The fourth-order valence-corrected chi connectivity index (χ4v) is 2.84. The van der Waals surface area contributed by atoms with E-state index in [1.165, 1.54) is 18.3 Å². The number of rotatable bonds is 7. The van der Waals surface area contributed by atoms with Crippen LogP contribution in [-0.2, 0) is 14.4 Å². The molecule has 3 aromatic carbocycles. The van der Waals surface area contributed by atoms with Crippen LogP contribution in [0.3, 0.4) is 0 Å². The standard InChI is InChI=1S/C24H20ClFN4O4/c1-15-6-9-19(12-20(15)25)28-22(31)14-34-21-5-3-2-4-16(21)13-27-30-24(33)23(32)29-18-10-7-17(26)8-11-18/h2-13H,14H2,1H3,(H,28,31)(H,29,32)(H,30,33)/b27-13-. The molecule has 3 aromatic rings. The van der Waals surface area contributed by atoms with E-state index in [4.69, 9.17) is 16.3 Å². The minimum Gasteiger partial charge on any atom is -0.483 e. The van der Waals surface area contributed by atoms with Crippen LogP contribution < -0.4 is 20.8 Å². The Bertz CT molecular complexity index is 1230. The van der Waals surface area contributed by atoms with E-state index < -0.39 is 23.5 Å². The second-order valence-corrected chi connectivity index (χ2v) is 7.41. The zero-order valence-electron chi connectivity index (χ0n) is 18.0. The Hall–Kier alpha value is -4.24. The van der Waals surface area contributed by atoms with Gasteiger partial charge in [-0.15, -0.1) is 0 Å². The van der Waals surface area contributed by atoms with Crippen molar-refractivity contribution in [1.82, 2.24) is 5.43 Å². The molecule has 0 radical (unpaired) electrons. The molecule has 0 fully saturated rings. The van der Waals surface area contributed by atoms with Crippen LogP contribution >= 0.6 is 11.6 Å². The molecule has 0 unspecified atom stereocenters. The first-order valence-corrected chi connectivity index (χ1v) is 10.4. The van der Waals surface area contributed by atoms with Gasteiger partial charge in [0.05, 0.1) is 6.21 Å². The molecule has 0 heterocycles. The molecule has 3 amide bonds. The number of ether oxygens (including phenoxy) is 1. The number of halogens is 2. The van der Waals surface area contributed by atoms with Gasteiger partial charge in [-0.25, -0.2) is 9.82 Å². The molecule has 8 nitrogen and oxygen atoms in total. The Morgan fingerprint density at radius 2 is 1.68 bits per heavy atom. The van der Waals surface area contributed by atoms with Crippen molar-refractivity contribution in [3.8, 4) is 5.75 Å². The quantitative estimate of drug-likeness (QED) is 0.269. The lowest BCUT2D eigenvalue weighted by Gasteiger charge is -2.10. The number of hydrazone groups is 1. The number of anilines is 2. The van der Waals surface area contributed by atoms with Crippen LogP contribution in [0.25, 0.3) is 0 Å². The number of para-hydroxylation sites is 1. The molecule has 0 bridgehead atoms. The SMILES string of the molecule is Cc1ccc(NC(=O)COc2ccccc2/C=N\NC(=O)C(=O)Nc2ccc(F)cc2)cc1Cl. The summed E-state index contributed by atoms with van der Waals surface area (Å²) in [5, 5.41) is 9.30. The minimum atomic E-state index is -1.02. The Morgan fingerprint density at radius 1 is 0.971 bits per heavy atom. The number of benzene rings is 3. The number of nitrogens with zero attached hydrogens (tertiary/aromatic N) is 1. The molecular formula is C24H20ClFN4O4. The highest BCUT2D eigenvalue weighted by atomic mass is 35.5. The topological polar surface area (TPSA) is 109 Å². The Morgan fingerprint density at radius 3 is 2.41 bits per heavy atom. The van der Waals surface area contributed by atoms with Crippen molar-refractivity contribution < 1.29 is 23.5 Å². The van der Waals surface area contributed by atoms with Gasteiger partial charge < -0.3 is 15.4 Å². The van der Waals surface area contributed by atoms with Gasteiger partial charge in [0.25, 0.3) is 5.91 Å². The lowest BCUT2D eigenvalue weighted by atomic mass is 10.2. The highest BCUT2D eigenvalue weighted by Crippen LogP contribution is 2.20. The summed E-state index contributed by atoms with van der Waals surface area (Å²) < 4.78 is 18.5. The number of hydrogen-bond donors (Lipinski definition) is 3. The van der Waals surface area contributed by atoms with Gasteiger partial charge in [-0.3, -0.25) is 14.4 Å². The fraction of sp³-hybridized carbons (Fsp3) is 0.0833. The van der Waals surface area contributed by atoms with Crippen LogP contribution in [0.5, 0.6) is 5.75 Å². The lowest BCUT2D eigenvalue weighted by molar-refractivity contribution is -0.136. The average Bonchev–Trinajstić information content (AvgIpc) is 2.82. The van der Waals surface area contributed by atoms with E-state index in [1.807, 2.05) is 6.92 Å². The minimum absolute atomic E-state index is 0.260. The largest absolute Gasteiger partial charge is 0.483 e. The summed E-state index contributed by atoms with van der Waals surface area (Å²) in [7, 11) is 0. The van der Waals surface area contributed by atoms with Crippen molar-refractivity contribution >= 4 is 46.9 Å². The fourth-order valence-electron chi connectivity index (χ4n) is 2.66. The van der Waals surface area contributed by atoms with Gasteiger partial charge in [0.15, 0.2) is 6.61 Å². The van der Waals surface area contributed by atoms with E-state index >= 15 is 0 Å². The van der Waals surface area contributed by atoms with E-state index in [2.05, 4.69) is 21.2 Å². The van der Waals surface area contributed by atoms with Crippen molar-refractivity contribution in [2.24, 2.45) is 5.10 Å². The molecule has 174 valence electrons. The summed E-state index contributed by atoms with van der Waals surface area (Å²) in [5.74, 6) is -2.51. The van der Waals surface area contributed by atoms with Crippen molar-refractivity contribution in [3.63, 3.8) is 0 Å². The van der Waals surface area contributed by atoms with Crippen LogP contribution in [0.1, 0.15) is 11.1 Å². The van der Waals surface area contributed by atoms with E-state index in [0.29, 0.717) is 22.0 Å². The van der Waals surface area contributed by atoms with Gasteiger partial charge in [-0.05, 0) is 61.0 Å². The number of amides is 3. The molecule has 0 saturated carbocycles. The average molecular weight is 483 g/mol. The van der Waals surface area contributed by atoms with Crippen LogP contribution in [0, 0.1) is 12.7 Å². The molecule has 3 rings (SSSR count). The Balaban J connectivity index is 1.53. The van der Waals surface area contributed by atoms with Gasteiger partial charge in [0.2, 0.25) is 0 Å². The molecule has 0 aliphatic rings. The first kappa shape index (κ1) is 24.4. The van der Waals surface area contributed by atoms with E-state index in [0.717, 1.165) is 17.7 Å². The molecule has 0 saturated heterocycles. The van der Waals surface area contributed by atoms with E-state index in [9.17, 15) is 18.8 Å². The van der Waals surface area contributed by atoms with Crippen molar-refractivity contribution in [1.29, 1.82) is 0 Å². The molecule has 0 aliphatic carbocycles. The monoisotopic (exact) mass is 482 g/mol. The third-order valence-electron chi connectivity index (χ3n) is 4.41. The normalized spacial score (nSPS) is 10.6. The van der Waals surface area contributed by atoms with Crippen molar-refractivity contribution in [2.45, 2.75) is 6.92 Å². The summed E-state index contributed by atoms with van der Waals surface area (Å²) in [5.41, 5.74) is 4.25. The van der Waals surface area contributed by atoms with E-state index in [-0.39, 0.29) is 12.3 Å². The third-order valence-corrected chi connectivity index (χ3v) is 4.82. The van der Waals surface area contributed by atoms with Gasteiger partial charge >= 0.3 is 11.8 Å². The Kier molecular flexibility index (Phi) is 8.31. The molecule has 3 N–H and O–H groups in total. The molecule has 0 aromatic heterocycles. The summed E-state index contributed by atoms with van der Waals surface area (Å²) in [4.78, 5) is 36.0. The number of aryl methyl sites for hydroxylation is 1. The maximum Gasteiger partial charge on any atom is 0.329 e. The molecule has 10 heteroatoms. The maximum atomic E-state index is 12.9. The predicted molar refractivity (Wildman–Crippen MR) is 128 cm³/mol. The zero-order chi connectivity index (χ0) is 24.5. The number of nitrogens with one attached hydrogen (secondary N) is 3.